The Labute approximate surface area is 203 Å². The Hall–Kier alpha value is -3.73. The van der Waals surface area contributed by atoms with Crippen molar-refractivity contribution in [1.82, 2.24) is 4.90 Å². The summed E-state index contributed by atoms with van der Waals surface area (Å²) >= 11 is 0. The molecule has 2 saturated carbocycles. The fourth-order valence-corrected chi connectivity index (χ4v) is 6.98. The summed E-state index contributed by atoms with van der Waals surface area (Å²) in [6, 6.07) is 22.4. The lowest BCUT2D eigenvalue weighted by atomic mass is 9.63. The number of allylic oxidation sites excluding steroid dienone is 2. The highest BCUT2D eigenvalue weighted by molar-refractivity contribution is 6.12. The van der Waals surface area contributed by atoms with E-state index in [0.29, 0.717) is 23.9 Å². The Morgan fingerprint density at radius 2 is 1.46 bits per heavy atom. The van der Waals surface area contributed by atoms with Gasteiger partial charge in [-0.3, -0.25) is 19.3 Å². The number of benzene rings is 3. The summed E-state index contributed by atoms with van der Waals surface area (Å²) in [5.74, 6) is 0.0353. The number of carbonyl (C=O) groups is 3. The minimum Gasteiger partial charge on any atom is -0.324 e. The number of nitrogens with one attached hydrogen (secondary N) is 1. The molecule has 3 aromatic carbocycles. The molecule has 3 aromatic rings. The van der Waals surface area contributed by atoms with E-state index in [1.165, 1.54) is 4.90 Å². The van der Waals surface area contributed by atoms with Crippen LogP contribution in [0.1, 0.15) is 12.0 Å². The topological polar surface area (TPSA) is 66.5 Å². The van der Waals surface area contributed by atoms with Gasteiger partial charge in [0.25, 0.3) is 0 Å². The number of fused-ring (bicyclic) bond motifs is 1. The van der Waals surface area contributed by atoms with Crippen molar-refractivity contribution in [2.75, 3.05) is 5.32 Å². The first-order valence-electron chi connectivity index (χ1n) is 12.5. The van der Waals surface area contributed by atoms with Gasteiger partial charge in [-0.25, -0.2) is 0 Å². The number of nitrogens with zero attached hydrogens (tertiary/aromatic N) is 1. The molecule has 0 aromatic heterocycles. The molecule has 5 nitrogen and oxygen atoms in total. The first-order chi connectivity index (χ1) is 17.1. The largest absolute Gasteiger partial charge is 0.324 e. The van der Waals surface area contributed by atoms with Gasteiger partial charge in [0.1, 0.15) is 6.04 Å². The third-order valence-corrected chi connectivity index (χ3v) is 8.63. The molecular weight excluding hydrogens is 436 g/mol. The number of hydrogen-bond acceptors (Lipinski definition) is 3. The Morgan fingerprint density at radius 1 is 0.829 bits per heavy atom. The molecule has 1 aliphatic heterocycles. The maximum atomic E-state index is 13.8. The number of likely N-dealkylation sites (tertiary alicyclic amines) is 1. The van der Waals surface area contributed by atoms with E-state index in [2.05, 4.69) is 17.5 Å². The summed E-state index contributed by atoms with van der Waals surface area (Å²) in [6.45, 7) is 0. The average Bonchev–Trinajstić information content (AvgIpc) is 3.67. The normalized spacial score (nSPS) is 30.8. The molecule has 8 rings (SSSR count). The van der Waals surface area contributed by atoms with Crippen LogP contribution >= 0.6 is 0 Å². The molecule has 0 unspecified atom stereocenters. The summed E-state index contributed by atoms with van der Waals surface area (Å²) in [4.78, 5) is 42.7. The Kier molecular flexibility index (Phi) is 4.50. The van der Waals surface area contributed by atoms with Crippen molar-refractivity contribution >= 4 is 34.2 Å². The third-order valence-electron chi connectivity index (χ3n) is 8.63. The molecule has 1 saturated heterocycles. The molecule has 2 bridgehead atoms. The SMILES string of the molecule is O=C(Nc1cccc2ccccc12)[C@H](Cc1ccccc1)N1C(=O)[C@@H]2[C@H]3C=C[C@@H]([C@@H]4C[C@H]34)[C@H]2C1=O. The van der Waals surface area contributed by atoms with Gasteiger partial charge in [-0.05, 0) is 47.1 Å². The molecule has 174 valence electrons. The van der Waals surface area contributed by atoms with Crippen LogP contribution in [0.15, 0.2) is 84.9 Å². The van der Waals surface area contributed by atoms with E-state index in [1.807, 2.05) is 72.8 Å². The lowest BCUT2D eigenvalue weighted by Gasteiger charge is -2.37. The van der Waals surface area contributed by atoms with E-state index in [4.69, 9.17) is 0 Å². The van der Waals surface area contributed by atoms with Crippen molar-refractivity contribution in [2.24, 2.45) is 35.5 Å². The van der Waals surface area contributed by atoms with Gasteiger partial charge < -0.3 is 5.32 Å². The molecule has 3 fully saturated rings. The quantitative estimate of drug-likeness (QED) is 0.450. The maximum absolute atomic E-state index is 13.8. The molecule has 35 heavy (non-hydrogen) atoms. The first kappa shape index (κ1) is 20.6. The Morgan fingerprint density at radius 3 is 2.17 bits per heavy atom. The summed E-state index contributed by atoms with van der Waals surface area (Å²) < 4.78 is 0. The van der Waals surface area contributed by atoms with Crippen LogP contribution in [0, 0.1) is 35.5 Å². The van der Waals surface area contributed by atoms with E-state index >= 15 is 0 Å². The highest BCUT2D eigenvalue weighted by atomic mass is 16.2. The number of hydrogen-bond donors (Lipinski definition) is 1. The second-order valence-electron chi connectivity index (χ2n) is 10.4. The first-order valence-corrected chi connectivity index (χ1v) is 12.5. The second kappa shape index (κ2) is 7.64. The summed E-state index contributed by atoms with van der Waals surface area (Å²) in [5.41, 5.74) is 1.61. The van der Waals surface area contributed by atoms with E-state index in [1.54, 1.807) is 0 Å². The molecule has 1 N–H and O–H groups in total. The van der Waals surface area contributed by atoms with Crippen LogP contribution < -0.4 is 5.32 Å². The van der Waals surface area contributed by atoms with Crippen LogP contribution in [0.4, 0.5) is 5.69 Å². The van der Waals surface area contributed by atoms with Crippen LogP contribution in [0.3, 0.4) is 0 Å². The molecule has 0 radical (unpaired) electrons. The third kappa shape index (κ3) is 3.10. The van der Waals surface area contributed by atoms with Crippen molar-refractivity contribution in [3.05, 3.63) is 90.5 Å². The summed E-state index contributed by atoms with van der Waals surface area (Å²) in [7, 11) is 0. The van der Waals surface area contributed by atoms with Gasteiger partial charge >= 0.3 is 0 Å². The number of amides is 3. The van der Waals surface area contributed by atoms with Crippen LogP contribution in [0.25, 0.3) is 10.8 Å². The van der Waals surface area contributed by atoms with Gasteiger partial charge in [0, 0.05) is 17.5 Å². The molecule has 5 heteroatoms. The van der Waals surface area contributed by atoms with Gasteiger partial charge in [-0.1, -0.05) is 78.9 Å². The van der Waals surface area contributed by atoms with Crippen molar-refractivity contribution in [2.45, 2.75) is 18.9 Å². The van der Waals surface area contributed by atoms with Crippen LogP contribution in [-0.4, -0.2) is 28.7 Å². The zero-order chi connectivity index (χ0) is 23.7. The second-order valence-corrected chi connectivity index (χ2v) is 10.4. The smallest absolute Gasteiger partial charge is 0.248 e. The number of anilines is 1. The molecule has 7 atom stereocenters. The van der Waals surface area contributed by atoms with E-state index in [9.17, 15) is 14.4 Å². The van der Waals surface area contributed by atoms with Gasteiger partial charge in [-0.2, -0.15) is 0 Å². The van der Waals surface area contributed by atoms with Gasteiger partial charge in [-0.15, -0.1) is 0 Å². The monoisotopic (exact) mass is 462 g/mol. The highest BCUT2D eigenvalue weighted by Crippen LogP contribution is 2.65. The van der Waals surface area contributed by atoms with Crippen LogP contribution in [0.5, 0.6) is 0 Å². The fraction of sp³-hybridized carbons (Fsp3) is 0.300. The highest BCUT2D eigenvalue weighted by Gasteiger charge is 2.67. The van der Waals surface area contributed by atoms with Gasteiger partial charge in [0.2, 0.25) is 17.7 Å². The fourth-order valence-electron chi connectivity index (χ4n) is 6.98. The number of imide groups is 1. The minimum absolute atomic E-state index is 0.134. The van der Waals surface area contributed by atoms with Crippen molar-refractivity contribution < 1.29 is 14.4 Å². The molecule has 3 amide bonds. The van der Waals surface area contributed by atoms with E-state index in [0.717, 1.165) is 22.8 Å². The number of rotatable bonds is 5. The predicted molar refractivity (Wildman–Crippen MR) is 133 cm³/mol. The molecule has 1 heterocycles. The van der Waals surface area contributed by atoms with E-state index < -0.39 is 6.04 Å². The molecule has 5 aliphatic rings. The molecular formula is C30H26N2O3. The summed E-state index contributed by atoms with van der Waals surface area (Å²) in [5, 5.41) is 5.01. The standard InChI is InChI=1S/C30H26N2O3/c33-28(31-24-12-6-10-18-9-4-5-11-19(18)24)25(15-17-7-2-1-3-8-17)32-29(34)26-20-13-14-21(23-16-22(20)23)27(26)30(32)35/h1-14,20-23,25-27H,15-16H2,(H,31,33)/t20-,21-,22-,23+,25-,26+,27+/m0/s1. The zero-order valence-electron chi connectivity index (χ0n) is 19.2. The Balaban J connectivity index is 1.25. The summed E-state index contributed by atoms with van der Waals surface area (Å²) in [6.07, 6.45) is 5.74. The van der Waals surface area contributed by atoms with Crippen molar-refractivity contribution in [3.63, 3.8) is 0 Å². The van der Waals surface area contributed by atoms with Gasteiger partial charge in [0.15, 0.2) is 0 Å². The van der Waals surface area contributed by atoms with Crippen molar-refractivity contribution in [3.8, 4) is 0 Å². The Bertz CT molecular complexity index is 1360. The van der Waals surface area contributed by atoms with E-state index in [-0.39, 0.29) is 41.4 Å². The van der Waals surface area contributed by atoms with Crippen LogP contribution in [-0.2, 0) is 20.8 Å². The van der Waals surface area contributed by atoms with Gasteiger partial charge in [0.05, 0.1) is 11.8 Å². The lowest BCUT2D eigenvalue weighted by molar-refractivity contribution is -0.146. The average molecular weight is 463 g/mol. The van der Waals surface area contributed by atoms with Crippen LogP contribution in [0.2, 0.25) is 0 Å². The number of carbonyl (C=O) groups excluding carboxylic acids is 3. The van der Waals surface area contributed by atoms with Crippen molar-refractivity contribution in [1.29, 1.82) is 0 Å². The minimum atomic E-state index is -0.891. The maximum Gasteiger partial charge on any atom is 0.248 e. The molecule has 4 aliphatic carbocycles. The molecule has 0 spiro atoms. The lowest BCUT2D eigenvalue weighted by Crippen LogP contribution is -2.49. The zero-order valence-corrected chi connectivity index (χ0v) is 19.2. The predicted octanol–water partition coefficient (Wildman–Crippen LogP) is 4.44.